The van der Waals surface area contributed by atoms with E-state index in [9.17, 15) is 14.0 Å². The van der Waals surface area contributed by atoms with Crippen molar-refractivity contribution < 1.29 is 4.39 Å². The molecule has 0 amide bonds. The van der Waals surface area contributed by atoms with Crippen LogP contribution in [0.5, 0.6) is 0 Å². The van der Waals surface area contributed by atoms with E-state index < -0.39 is 17.1 Å². The molecular weight excluding hydrogens is 317 g/mol. The van der Waals surface area contributed by atoms with Gasteiger partial charge >= 0.3 is 5.69 Å². The molecule has 1 aromatic carbocycles. The third kappa shape index (κ3) is 2.80. The number of benzene rings is 1. The Morgan fingerprint density at radius 2 is 2.11 bits per heavy atom. The first-order valence-electron chi connectivity index (χ1n) is 5.19. The molecule has 0 saturated heterocycles. The van der Waals surface area contributed by atoms with Gasteiger partial charge in [-0.3, -0.25) is 9.36 Å². The summed E-state index contributed by atoms with van der Waals surface area (Å²) in [6.45, 7) is -0.111. The van der Waals surface area contributed by atoms with E-state index in [4.69, 9.17) is 5.26 Å². The number of halogens is 2. The first kappa shape index (κ1) is 13.2. The molecule has 1 aromatic heterocycles. The quantitative estimate of drug-likeness (QED) is 0.906. The molecule has 0 atom stereocenters. The molecule has 0 aliphatic heterocycles. The highest BCUT2D eigenvalue weighted by Gasteiger charge is 2.07. The third-order valence-corrected chi connectivity index (χ3v) is 3.01. The highest BCUT2D eigenvalue weighted by molar-refractivity contribution is 9.10. The van der Waals surface area contributed by atoms with Gasteiger partial charge in [0.2, 0.25) is 0 Å². The van der Waals surface area contributed by atoms with Gasteiger partial charge in [-0.1, -0.05) is 0 Å². The molecule has 0 fully saturated rings. The molecule has 7 heteroatoms. The van der Waals surface area contributed by atoms with E-state index in [-0.39, 0.29) is 16.6 Å². The SMILES string of the molecule is N#Cc1cc(F)cc(Cn2c(=O)[nH]cc(Br)c2=O)c1. The maximum Gasteiger partial charge on any atom is 0.328 e. The maximum atomic E-state index is 13.3. The summed E-state index contributed by atoms with van der Waals surface area (Å²) in [5.74, 6) is -0.589. The lowest BCUT2D eigenvalue weighted by Gasteiger charge is -2.05. The van der Waals surface area contributed by atoms with Gasteiger partial charge in [-0.05, 0) is 39.7 Å². The standard InChI is InChI=1S/C12H7BrFN3O2/c13-10-5-16-12(19)17(11(10)18)6-8-1-7(4-15)2-9(14)3-8/h1-3,5H,6H2,(H,16,19). The van der Waals surface area contributed by atoms with Crippen LogP contribution in [0.3, 0.4) is 0 Å². The van der Waals surface area contributed by atoms with Crippen LogP contribution in [0.25, 0.3) is 0 Å². The van der Waals surface area contributed by atoms with E-state index in [1.54, 1.807) is 0 Å². The highest BCUT2D eigenvalue weighted by atomic mass is 79.9. The zero-order valence-electron chi connectivity index (χ0n) is 9.48. The van der Waals surface area contributed by atoms with E-state index >= 15 is 0 Å². The average molecular weight is 324 g/mol. The molecule has 0 radical (unpaired) electrons. The normalized spacial score (nSPS) is 10.2. The Morgan fingerprint density at radius 3 is 2.79 bits per heavy atom. The number of nitrogens with zero attached hydrogens (tertiary/aromatic N) is 2. The minimum atomic E-state index is -0.601. The van der Waals surface area contributed by atoms with E-state index in [0.717, 1.165) is 10.6 Å². The second kappa shape index (κ2) is 5.20. The van der Waals surface area contributed by atoms with Crippen LogP contribution in [0.4, 0.5) is 4.39 Å². The minimum Gasteiger partial charge on any atom is -0.313 e. The van der Waals surface area contributed by atoms with Gasteiger partial charge in [0.25, 0.3) is 5.56 Å². The average Bonchev–Trinajstić information content (AvgIpc) is 2.38. The lowest BCUT2D eigenvalue weighted by Crippen LogP contribution is -2.35. The van der Waals surface area contributed by atoms with Crippen molar-refractivity contribution in [2.24, 2.45) is 0 Å². The molecule has 1 heterocycles. The summed E-state index contributed by atoms with van der Waals surface area (Å²) in [5, 5.41) is 8.75. The first-order chi connectivity index (χ1) is 9.01. The fraction of sp³-hybridized carbons (Fsp3) is 0.0833. The van der Waals surface area contributed by atoms with Crippen molar-refractivity contribution in [3.8, 4) is 6.07 Å². The van der Waals surface area contributed by atoms with E-state index in [1.807, 2.05) is 6.07 Å². The van der Waals surface area contributed by atoms with Gasteiger partial charge in [0.05, 0.1) is 22.7 Å². The van der Waals surface area contributed by atoms with Gasteiger partial charge in [0.15, 0.2) is 0 Å². The van der Waals surface area contributed by atoms with Crippen LogP contribution in [-0.4, -0.2) is 9.55 Å². The van der Waals surface area contributed by atoms with Crippen LogP contribution < -0.4 is 11.2 Å². The molecule has 19 heavy (non-hydrogen) atoms. The van der Waals surface area contributed by atoms with Gasteiger partial charge in [-0.2, -0.15) is 5.26 Å². The summed E-state index contributed by atoms with van der Waals surface area (Å²) in [4.78, 5) is 25.7. The van der Waals surface area contributed by atoms with Gasteiger partial charge < -0.3 is 4.98 Å². The Labute approximate surface area is 115 Å². The van der Waals surface area contributed by atoms with Gasteiger partial charge in [0.1, 0.15) is 5.82 Å². The van der Waals surface area contributed by atoms with Gasteiger partial charge in [-0.25, -0.2) is 9.18 Å². The van der Waals surface area contributed by atoms with Crippen molar-refractivity contribution in [3.63, 3.8) is 0 Å². The summed E-state index contributed by atoms with van der Waals surface area (Å²) in [6.07, 6.45) is 1.24. The summed E-state index contributed by atoms with van der Waals surface area (Å²) >= 11 is 3.01. The Balaban J connectivity index is 2.51. The Hall–Kier alpha value is -2.20. The predicted octanol–water partition coefficient (Wildman–Crippen LogP) is 1.36. The fourth-order valence-electron chi connectivity index (χ4n) is 1.62. The van der Waals surface area contributed by atoms with Gasteiger partial charge in [0, 0.05) is 6.20 Å². The second-order valence-corrected chi connectivity index (χ2v) is 4.65. The Kier molecular flexibility index (Phi) is 3.62. The summed E-state index contributed by atoms with van der Waals surface area (Å²) in [7, 11) is 0. The van der Waals surface area contributed by atoms with Crippen LogP contribution in [0.15, 0.2) is 38.5 Å². The highest BCUT2D eigenvalue weighted by Crippen LogP contribution is 2.09. The van der Waals surface area contributed by atoms with Crippen LogP contribution in [0.2, 0.25) is 0 Å². The summed E-state index contributed by atoms with van der Waals surface area (Å²) < 4.78 is 14.4. The second-order valence-electron chi connectivity index (χ2n) is 3.79. The maximum absolute atomic E-state index is 13.3. The predicted molar refractivity (Wildman–Crippen MR) is 69.2 cm³/mol. The molecule has 5 nitrogen and oxygen atoms in total. The van der Waals surface area contributed by atoms with Crippen molar-refractivity contribution in [3.05, 3.63) is 66.7 Å². The minimum absolute atomic E-state index is 0.111. The van der Waals surface area contributed by atoms with Crippen LogP contribution in [0.1, 0.15) is 11.1 Å². The molecule has 2 rings (SSSR count). The number of H-pyrrole nitrogens is 1. The largest absolute Gasteiger partial charge is 0.328 e. The molecule has 96 valence electrons. The number of hydrogen-bond donors (Lipinski definition) is 1. The van der Waals surface area contributed by atoms with Crippen LogP contribution >= 0.6 is 15.9 Å². The molecule has 0 bridgehead atoms. The lowest BCUT2D eigenvalue weighted by molar-refractivity contribution is 0.619. The summed E-state index contributed by atoms with van der Waals surface area (Å²) in [5.41, 5.74) is -0.626. The lowest BCUT2D eigenvalue weighted by atomic mass is 10.1. The van der Waals surface area contributed by atoms with Crippen molar-refractivity contribution in [2.75, 3.05) is 0 Å². The fourth-order valence-corrected chi connectivity index (χ4v) is 1.95. The summed E-state index contributed by atoms with van der Waals surface area (Å²) in [6, 6.07) is 5.49. The smallest absolute Gasteiger partial charge is 0.313 e. The molecule has 0 unspecified atom stereocenters. The van der Waals surface area contributed by atoms with E-state index in [2.05, 4.69) is 20.9 Å². The van der Waals surface area contributed by atoms with Crippen molar-refractivity contribution >= 4 is 15.9 Å². The molecule has 1 N–H and O–H groups in total. The van der Waals surface area contributed by atoms with Crippen molar-refractivity contribution in [1.82, 2.24) is 9.55 Å². The first-order valence-corrected chi connectivity index (χ1v) is 5.98. The van der Waals surface area contributed by atoms with E-state index in [0.29, 0.717) is 5.56 Å². The molecule has 0 saturated carbocycles. The Morgan fingerprint density at radius 1 is 1.37 bits per heavy atom. The van der Waals surface area contributed by atoms with Crippen LogP contribution in [0, 0.1) is 17.1 Å². The molecule has 0 spiro atoms. The monoisotopic (exact) mass is 323 g/mol. The Bertz CT molecular complexity index is 789. The number of nitriles is 1. The molecule has 0 aliphatic rings. The number of rotatable bonds is 2. The number of aromatic nitrogens is 2. The van der Waals surface area contributed by atoms with Gasteiger partial charge in [-0.15, -0.1) is 0 Å². The third-order valence-electron chi connectivity index (χ3n) is 2.44. The van der Waals surface area contributed by atoms with Crippen molar-refractivity contribution in [2.45, 2.75) is 6.54 Å². The van der Waals surface area contributed by atoms with E-state index in [1.165, 1.54) is 18.3 Å². The van der Waals surface area contributed by atoms with Crippen LogP contribution in [-0.2, 0) is 6.54 Å². The molecule has 2 aromatic rings. The zero-order chi connectivity index (χ0) is 14.0. The molecule has 0 aliphatic carbocycles. The van der Waals surface area contributed by atoms with Crippen molar-refractivity contribution in [1.29, 1.82) is 5.26 Å². The number of hydrogen-bond acceptors (Lipinski definition) is 3. The molecular formula is C12H7BrFN3O2. The number of aromatic amines is 1. The topological polar surface area (TPSA) is 78.7 Å². The zero-order valence-corrected chi connectivity index (χ0v) is 11.1. The number of nitrogens with one attached hydrogen (secondary N) is 1.